The molecule has 148 valence electrons. The number of hydrogen-bond donors (Lipinski definition) is 0. The fourth-order valence-corrected chi connectivity index (χ4v) is 5.61. The molecule has 2 heterocycles. The van der Waals surface area contributed by atoms with Crippen LogP contribution in [0.1, 0.15) is 12.0 Å². The number of carbonyl (C=O) groups excluding carboxylic acids is 1. The van der Waals surface area contributed by atoms with Crippen molar-refractivity contribution >= 4 is 21.6 Å². The molecule has 6 nitrogen and oxygen atoms in total. The zero-order valence-corrected chi connectivity index (χ0v) is 16.1. The SMILES string of the molecule is COc1ccc2c(c1)[C@@]1(CCN(S(=O)(=O)c3ccc(F)cc3F)C1)C(=O)N2C. The Hall–Kier alpha value is -2.52. The highest BCUT2D eigenvalue weighted by Gasteiger charge is 2.55. The van der Waals surface area contributed by atoms with Gasteiger partial charge in [-0.25, -0.2) is 17.2 Å². The molecule has 2 aliphatic heterocycles. The van der Waals surface area contributed by atoms with Crippen LogP contribution in [0.25, 0.3) is 0 Å². The van der Waals surface area contributed by atoms with Crippen molar-refractivity contribution < 1.29 is 26.7 Å². The van der Waals surface area contributed by atoms with Gasteiger partial charge in [-0.15, -0.1) is 0 Å². The van der Waals surface area contributed by atoms with Gasteiger partial charge >= 0.3 is 0 Å². The van der Waals surface area contributed by atoms with Crippen molar-refractivity contribution in [2.24, 2.45) is 0 Å². The average Bonchev–Trinajstić information content (AvgIpc) is 3.20. The molecule has 0 aromatic heterocycles. The van der Waals surface area contributed by atoms with Gasteiger partial charge in [0.25, 0.3) is 0 Å². The van der Waals surface area contributed by atoms with E-state index in [0.717, 1.165) is 16.4 Å². The number of carbonyl (C=O) groups is 1. The van der Waals surface area contributed by atoms with Crippen LogP contribution in [0.15, 0.2) is 41.3 Å². The first-order valence-electron chi connectivity index (χ1n) is 8.62. The van der Waals surface area contributed by atoms with Crippen LogP contribution in [0.4, 0.5) is 14.5 Å². The number of methoxy groups -OCH3 is 1. The predicted molar refractivity (Wildman–Crippen MR) is 97.8 cm³/mol. The third kappa shape index (κ3) is 2.53. The van der Waals surface area contributed by atoms with Crippen molar-refractivity contribution in [3.05, 3.63) is 53.6 Å². The van der Waals surface area contributed by atoms with Gasteiger partial charge in [-0.2, -0.15) is 4.31 Å². The van der Waals surface area contributed by atoms with Crippen LogP contribution in [0.3, 0.4) is 0 Å². The lowest BCUT2D eigenvalue weighted by molar-refractivity contribution is -0.122. The summed E-state index contributed by atoms with van der Waals surface area (Å²) in [6.07, 6.45) is 0.262. The molecule has 1 atom stereocenters. The van der Waals surface area contributed by atoms with E-state index in [1.165, 1.54) is 12.0 Å². The van der Waals surface area contributed by atoms with Crippen molar-refractivity contribution in [3.8, 4) is 5.75 Å². The van der Waals surface area contributed by atoms with E-state index >= 15 is 0 Å². The molecule has 2 aromatic rings. The van der Waals surface area contributed by atoms with Gasteiger partial charge in [-0.3, -0.25) is 4.79 Å². The second-order valence-electron chi connectivity index (χ2n) is 6.99. The van der Waals surface area contributed by atoms with E-state index in [4.69, 9.17) is 4.74 Å². The highest BCUT2D eigenvalue weighted by molar-refractivity contribution is 7.89. The van der Waals surface area contributed by atoms with Gasteiger partial charge in [-0.05, 0) is 42.3 Å². The third-order valence-electron chi connectivity index (χ3n) is 5.54. The summed E-state index contributed by atoms with van der Waals surface area (Å²) in [5, 5.41) is 0. The number of amides is 1. The van der Waals surface area contributed by atoms with Gasteiger partial charge in [0.05, 0.1) is 12.5 Å². The maximum Gasteiger partial charge on any atom is 0.246 e. The summed E-state index contributed by atoms with van der Waals surface area (Å²) in [4.78, 5) is 13.9. The number of rotatable bonds is 3. The van der Waals surface area contributed by atoms with Crippen molar-refractivity contribution in [3.63, 3.8) is 0 Å². The number of hydrogen-bond acceptors (Lipinski definition) is 4. The van der Waals surface area contributed by atoms with E-state index in [-0.39, 0.29) is 25.4 Å². The van der Waals surface area contributed by atoms with Crippen LogP contribution in [0.2, 0.25) is 0 Å². The quantitative estimate of drug-likeness (QED) is 0.782. The van der Waals surface area contributed by atoms with Gasteiger partial charge < -0.3 is 9.64 Å². The molecular formula is C19H18F2N2O4S. The molecule has 1 fully saturated rings. The van der Waals surface area contributed by atoms with Crippen molar-refractivity contribution in [2.75, 3.05) is 32.1 Å². The molecule has 0 N–H and O–H groups in total. The molecular weight excluding hydrogens is 390 g/mol. The summed E-state index contributed by atoms with van der Waals surface area (Å²) >= 11 is 0. The van der Waals surface area contributed by atoms with Crippen molar-refractivity contribution in [1.82, 2.24) is 4.31 Å². The number of anilines is 1. The minimum Gasteiger partial charge on any atom is -0.497 e. The number of fused-ring (bicyclic) bond motifs is 2. The lowest BCUT2D eigenvalue weighted by atomic mass is 9.81. The van der Waals surface area contributed by atoms with E-state index in [2.05, 4.69) is 0 Å². The Morgan fingerprint density at radius 2 is 1.89 bits per heavy atom. The summed E-state index contributed by atoms with van der Waals surface area (Å²) in [7, 11) is -1.07. The Balaban J connectivity index is 1.75. The number of halogens is 2. The second kappa shape index (κ2) is 6.25. The fraction of sp³-hybridized carbons (Fsp3) is 0.316. The van der Waals surface area contributed by atoms with Crippen LogP contribution >= 0.6 is 0 Å². The van der Waals surface area contributed by atoms with E-state index in [1.54, 1.807) is 25.2 Å². The van der Waals surface area contributed by atoms with Crippen LogP contribution in [-0.2, 0) is 20.2 Å². The molecule has 0 aliphatic carbocycles. The molecule has 2 aromatic carbocycles. The van der Waals surface area contributed by atoms with Gasteiger partial charge in [0.1, 0.15) is 22.3 Å². The maximum absolute atomic E-state index is 14.1. The molecule has 2 aliphatic rings. The zero-order valence-electron chi connectivity index (χ0n) is 15.3. The normalized spacial score (nSPS) is 22.1. The third-order valence-corrected chi connectivity index (χ3v) is 7.42. The molecule has 0 unspecified atom stereocenters. The number of likely N-dealkylation sites (N-methyl/N-ethyl adjacent to an activating group) is 1. The lowest BCUT2D eigenvalue weighted by Gasteiger charge is -2.23. The smallest absolute Gasteiger partial charge is 0.246 e. The zero-order chi connectivity index (χ0) is 20.3. The Bertz CT molecular complexity index is 1090. The lowest BCUT2D eigenvalue weighted by Crippen LogP contribution is -2.42. The summed E-state index contributed by atoms with van der Waals surface area (Å²) in [5.74, 6) is -1.67. The minimum absolute atomic E-state index is 0.0510. The highest BCUT2D eigenvalue weighted by Crippen LogP contribution is 2.48. The minimum atomic E-state index is -4.22. The average molecular weight is 408 g/mol. The Morgan fingerprint density at radius 3 is 2.57 bits per heavy atom. The number of ether oxygens (including phenoxy) is 1. The molecule has 1 saturated heterocycles. The first kappa shape index (κ1) is 18.8. The van der Waals surface area contributed by atoms with Crippen molar-refractivity contribution in [1.29, 1.82) is 0 Å². The van der Waals surface area contributed by atoms with Crippen molar-refractivity contribution in [2.45, 2.75) is 16.7 Å². The van der Waals surface area contributed by atoms with Crippen LogP contribution < -0.4 is 9.64 Å². The van der Waals surface area contributed by atoms with Crippen LogP contribution in [0.5, 0.6) is 5.75 Å². The molecule has 4 rings (SSSR count). The van der Waals surface area contributed by atoms with E-state index in [1.807, 2.05) is 0 Å². The maximum atomic E-state index is 14.1. The first-order valence-corrected chi connectivity index (χ1v) is 10.1. The number of sulfonamides is 1. The molecule has 1 spiro atoms. The van der Waals surface area contributed by atoms with E-state index in [0.29, 0.717) is 23.1 Å². The predicted octanol–water partition coefficient (Wildman–Crippen LogP) is 2.28. The standard InChI is InChI=1S/C19H18F2N2O4S/c1-22-16-5-4-13(27-2)10-14(16)19(18(22)24)7-8-23(11-19)28(25,26)17-6-3-12(20)9-15(17)21/h3-6,9-10H,7-8,11H2,1-2H3/t19-/m0/s1. The molecule has 9 heteroatoms. The topological polar surface area (TPSA) is 66.9 Å². The largest absolute Gasteiger partial charge is 0.497 e. The summed E-state index contributed by atoms with van der Waals surface area (Å²) in [5.41, 5.74) is 0.331. The van der Waals surface area contributed by atoms with Gasteiger partial charge in [0.15, 0.2) is 0 Å². The van der Waals surface area contributed by atoms with Crippen LogP contribution in [0, 0.1) is 11.6 Å². The number of nitrogens with zero attached hydrogens (tertiary/aromatic N) is 2. The molecule has 0 bridgehead atoms. The summed E-state index contributed by atoms with van der Waals surface area (Å²) < 4.78 is 59.5. The first-order chi connectivity index (χ1) is 13.2. The van der Waals surface area contributed by atoms with Gasteiger partial charge in [-0.1, -0.05) is 0 Å². The molecule has 0 radical (unpaired) electrons. The van der Waals surface area contributed by atoms with E-state index in [9.17, 15) is 22.0 Å². The van der Waals surface area contributed by atoms with E-state index < -0.39 is 32.0 Å². The monoisotopic (exact) mass is 408 g/mol. The Labute approximate surface area is 161 Å². The highest BCUT2D eigenvalue weighted by atomic mass is 32.2. The second-order valence-corrected chi connectivity index (χ2v) is 8.90. The van der Waals surface area contributed by atoms with Crippen LogP contribution in [-0.4, -0.2) is 45.9 Å². The Kier molecular flexibility index (Phi) is 4.20. The van der Waals surface area contributed by atoms with Gasteiger partial charge in [0.2, 0.25) is 15.9 Å². The summed E-state index contributed by atoms with van der Waals surface area (Å²) in [6.45, 7) is -0.0646. The fourth-order valence-electron chi connectivity index (χ4n) is 4.06. The molecule has 1 amide bonds. The molecule has 28 heavy (non-hydrogen) atoms. The van der Waals surface area contributed by atoms with Gasteiger partial charge in [0, 0.05) is 31.9 Å². The Morgan fingerprint density at radius 1 is 1.14 bits per heavy atom. The summed E-state index contributed by atoms with van der Waals surface area (Å²) in [6, 6.07) is 7.58. The number of benzene rings is 2. The molecule has 0 saturated carbocycles.